The third-order valence-corrected chi connectivity index (χ3v) is 7.39. The maximum atomic E-state index is 13.5. The first-order valence-corrected chi connectivity index (χ1v) is 12.4. The zero-order chi connectivity index (χ0) is 22.3. The number of amides is 2. The average molecular weight is 468 g/mol. The molecule has 0 bridgehead atoms. The minimum Gasteiger partial charge on any atom is -0.467 e. The van der Waals surface area contributed by atoms with Crippen LogP contribution in [0.4, 0.5) is 5.13 Å². The molecule has 1 aromatic carbocycles. The topological polar surface area (TPSA) is 75.4 Å². The molecule has 4 rings (SSSR count). The summed E-state index contributed by atoms with van der Waals surface area (Å²) >= 11 is 2.95. The smallest absolute Gasteiger partial charge is 0.261 e. The summed E-state index contributed by atoms with van der Waals surface area (Å²) in [5.74, 6) is 0.655. The summed E-state index contributed by atoms with van der Waals surface area (Å²) in [5, 5.41) is 3.55. The Morgan fingerprint density at radius 1 is 1.22 bits per heavy atom. The zero-order valence-electron chi connectivity index (χ0n) is 17.7. The molecule has 32 heavy (non-hydrogen) atoms. The molecule has 0 saturated carbocycles. The number of thioether (sulfide) groups is 1. The Morgan fingerprint density at radius 2 is 2.06 bits per heavy atom. The Kier molecular flexibility index (Phi) is 7.44. The molecule has 1 aliphatic carbocycles. The molecule has 2 amide bonds. The Bertz CT molecular complexity index is 1070. The number of anilines is 1. The number of thiazole rings is 1. The molecule has 0 atom stereocenters. The normalized spacial score (nSPS) is 12.8. The Balaban J connectivity index is 1.47. The van der Waals surface area contributed by atoms with Gasteiger partial charge in [-0.05, 0) is 49.9 Å². The largest absolute Gasteiger partial charge is 0.467 e. The first-order chi connectivity index (χ1) is 15.7. The molecule has 2 aromatic heterocycles. The quantitative estimate of drug-likeness (QED) is 0.359. The van der Waals surface area contributed by atoms with Crippen LogP contribution >= 0.6 is 23.1 Å². The van der Waals surface area contributed by atoms with Crippen molar-refractivity contribution >= 4 is 40.0 Å². The number of nitrogens with one attached hydrogen (secondary N) is 1. The number of nitrogens with zero attached hydrogens (tertiary/aromatic N) is 2. The Morgan fingerprint density at radius 3 is 2.84 bits per heavy atom. The van der Waals surface area contributed by atoms with E-state index < -0.39 is 0 Å². The van der Waals surface area contributed by atoms with Crippen molar-refractivity contribution in [3.05, 3.63) is 77.2 Å². The molecule has 1 aliphatic rings. The fourth-order valence-corrected chi connectivity index (χ4v) is 5.57. The van der Waals surface area contributed by atoms with E-state index >= 15 is 0 Å². The molecule has 6 nitrogen and oxygen atoms in total. The second-order valence-corrected chi connectivity index (χ2v) is 9.50. The predicted octanol–water partition coefficient (Wildman–Crippen LogP) is 4.86. The number of fused-ring (bicyclic) bond motifs is 1. The summed E-state index contributed by atoms with van der Waals surface area (Å²) in [5.41, 5.74) is 1.68. The van der Waals surface area contributed by atoms with Crippen LogP contribution in [0.5, 0.6) is 0 Å². The van der Waals surface area contributed by atoms with E-state index in [4.69, 9.17) is 9.40 Å². The SMILES string of the molecule is C=CCN(C(=O)c1ccccc1SCC(=O)NCc1ccco1)c1nc2c(s1)CCCC2. The third-order valence-electron chi connectivity index (χ3n) is 5.14. The van der Waals surface area contributed by atoms with Crippen molar-refractivity contribution in [3.8, 4) is 0 Å². The van der Waals surface area contributed by atoms with Gasteiger partial charge < -0.3 is 9.73 Å². The van der Waals surface area contributed by atoms with Gasteiger partial charge >= 0.3 is 0 Å². The number of rotatable bonds is 9. The summed E-state index contributed by atoms with van der Waals surface area (Å²) < 4.78 is 5.23. The van der Waals surface area contributed by atoms with Crippen LogP contribution in [-0.4, -0.2) is 29.1 Å². The number of furan rings is 1. The van der Waals surface area contributed by atoms with Crippen molar-refractivity contribution in [1.82, 2.24) is 10.3 Å². The monoisotopic (exact) mass is 467 g/mol. The second-order valence-electron chi connectivity index (χ2n) is 7.42. The van der Waals surface area contributed by atoms with Gasteiger partial charge in [-0.3, -0.25) is 14.5 Å². The molecule has 8 heteroatoms. The van der Waals surface area contributed by atoms with Gasteiger partial charge in [0, 0.05) is 16.3 Å². The summed E-state index contributed by atoms with van der Waals surface area (Å²) in [6.45, 7) is 4.55. The maximum absolute atomic E-state index is 13.5. The molecule has 0 fully saturated rings. The van der Waals surface area contributed by atoms with E-state index in [0.29, 0.717) is 24.4 Å². The minimum atomic E-state index is -0.130. The van der Waals surface area contributed by atoms with Crippen molar-refractivity contribution in [1.29, 1.82) is 0 Å². The molecule has 3 aromatic rings. The number of benzene rings is 1. The number of hydrogen-bond acceptors (Lipinski definition) is 6. The predicted molar refractivity (Wildman–Crippen MR) is 128 cm³/mol. The first kappa shape index (κ1) is 22.4. The lowest BCUT2D eigenvalue weighted by atomic mass is 10.0. The first-order valence-electron chi connectivity index (χ1n) is 10.6. The zero-order valence-corrected chi connectivity index (χ0v) is 19.3. The van der Waals surface area contributed by atoms with E-state index in [1.165, 1.54) is 23.1 Å². The molecule has 166 valence electrons. The van der Waals surface area contributed by atoms with Crippen LogP contribution < -0.4 is 10.2 Å². The Labute approximate surface area is 195 Å². The van der Waals surface area contributed by atoms with Gasteiger partial charge in [0.05, 0.1) is 29.8 Å². The van der Waals surface area contributed by atoms with Crippen LogP contribution in [0, 0.1) is 0 Å². The summed E-state index contributed by atoms with van der Waals surface area (Å²) in [7, 11) is 0. The fraction of sp³-hybridized carbons (Fsp3) is 0.292. The number of carbonyl (C=O) groups is 2. The van der Waals surface area contributed by atoms with Gasteiger partial charge in [0.1, 0.15) is 5.76 Å². The van der Waals surface area contributed by atoms with Crippen molar-refractivity contribution in [2.45, 2.75) is 37.1 Å². The van der Waals surface area contributed by atoms with E-state index in [0.717, 1.165) is 35.0 Å². The number of aryl methyl sites for hydroxylation is 2. The van der Waals surface area contributed by atoms with Crippen LogP contribution in [0.15, 0.2) is 64.6 Å². The van der Waals surface area contributed by atoms with Crippen LogP contribution in [0.1, 0.15) is 39.5 Å². The van der Waals surface area contributed by atoms with Gasteiger partial charge in [0.15, 0.2) is 5.13 Å². The van der Waals surface area contributed by atoms with E-state index in [2.05, 4.69) is 11.9 Å². The molecular weight excluding hydrogens is 442 g/mol. The van der Waals surface area contributed by atoms with Crippen LogP contribution in [0.25, 0.3) is 0 Å². The van der Waals surface area contributed by atoms with Crippen molar-refractivity contribution < 1.29 is 14.0 Å². The van der Waals surface area contributed by atoms with E-state index in [1.807, 2.05) is 24.3 Å². The maximum Gasteiger partial charge on any atom is 0.261 e. The minimum absolute atomic E-state index is 0.121. The van der Waals surface area contributed by atoms with Gasteiger partial charge in [-0.2, -0.15) is 0 Å². The molecule has 2 heterocycles. The van der Waals surface area contributed by atoms with Crippen LogP contribution in [-0.2, 0) is 24.2 Å². The highest BCUT2D eigenvalue weighted by Gasteiger charge is 2.25. The highest BCUT2D eigenvalue weighted by molar-refractivity contribution is 8.00. The van der Waals surface area contributed by atoms with Crippen molar-refractivity contribution in [2.75, 3.05) is 17.2 Å². The number of hydrogen-bond donors (Lipinski definition) is 1. The molecular formula is C24H25N3O3S2. The Hall–Kier alpha value is -2.84. The molecule has 0 aliphatic heterocycles. The molecule has 0 spiro atoms. The van der Waals surface area contributed by atoms with Gasteiger partial charge in [-0.15, -0.1) is 29.7 Å². The van der Waals surface area contributed by atoms with E-state index in [9.17, 15) is 9.59 Å². The molecule has 0 saturated heterocycles. The number of aromatic nitrogens is 1. The van der Waals surface area contributed by atoms with Gasteiger partial charge in [0.25, 0.3) is 5.91 Å². The van der Waals surface area contributed by atoms with Crippen molar-refractivity contribution in [2.24, 2.45) is 0 Å². The summed E-state index contributed by atoms with van der Waals surface area (Å²) in [4.78, 5) is 34.3. The second kappa shape index (κ2) is 10.7. The lowest BCUT2D eigenvalue weighted by Gasteiger charge is -2.19. The fourth-order valence-electron chi connectivity index (χ4n) is 3.54. The third kappa shape index (κ3) is 5.31. The summed E-state index contributed by atoms with van der Waals surface area (Å²) in [6, 6.07) is 11.0. The van der Waals surface area contributed by atoms with Crippen LogP contribution in [0.2, 0.25) is 0 Å². The van der Waals surface area contributed by atoms with Gasteiger partial charge in [-0.25, -0.2) is 4.98 Å². The average Bonchev–Trinajstić information content (AvgIpc) is 3.49. The number of carbonyl (C=O) groups excluding carboxylic acids is 2. The van der Waals surface area contributed by atoms with Gasteiger partial charge in [0.2, 0.25) is 5.91 Å². The lowest BCUT2D eigenvalue weighted by molar-refractivity contribution is -0.118. The highest BCUT2D eigenvalue weighted by Crippen LogP contribution is 2.33. The standard InChI is InChI=1S/C24H25N3O3S2/c1-2-13-27(24-26-19-10-4-6-12-21(19)32-24)23(29)18-9-3-5-11-20(18)31-16-22(28)25-15-17-8-7-14-30-17/h2-3,5,7-9,11,14H,1,4,6,10,12-13,15-16H2,(H,25,28). The summed E-state index contributed by atoms with van der Waals surface area (Å²) in [6.07, 6.45) is 7.62. The van der Waals surface area contributed by atoms with E-state index in [1.54, 1.807) is 40.7 Å². The van der Waals surface area contributed by atoms with Crippen molar-refractivity contribution in [3.63, 3.8) is 0 Å². The molecule has 0 radical (unpaired) electrons. The van der Waals surface area contributed by atoms with Crippen LogP contribution in [0.3, 0.4) is 0 Å². The van der Waals surface area contributed by atoms with Gasteiger partial charge in [-0.1, -0.05) is 18.2 Å². The highest BCUT2D eigenvalue weighted by atomic mass is 32.2. The molecule has 0 unspecified atom stereocenters. The molecule has 1 N–H and O–H groups in total. The van der Waals surface area contributed by atoms with E-state index in [-0.39, 0.29) is 17.6 Å². The lowest BCUT2D eigenvalue weighted by Crippen LogP contribution is -2.31.